The number of anilines is 1. The van der Waals surface area contributed by atoms with Crippen molar-refractivity contribution in [1.29, 1.82) is 0 Å². The lowest BCUT2D eigenvalue weighted by molar-refractivity contribution is 0.0692. The molecule has 1 aromatic heterocycles. The second kappa shape index (κ2) is 7.49. The Morgan fingerprint density at radius 1 is 1.04 bits per heavy atom. The van der Waals surface area contributed by atoms with Crippen LogP contribution in [0.4, 0.5) is 5.69 Å². The maximum atomic E-state index is 12.4. The number of hydrogen-bond donors (Lipinski definition) is 2. The molecule has 2 aromatic carbocycles. The highest BCUT2D eigenvalue weighted by molar-refractivity contribution is 7.11. The third kappa shape index (κ3) is 3.97. The minimum Gasteiger partial charge on any atom is -0.478 e. The molecule has 0 bridgehead atoms. The average Bonchev–Trinajstić information content (AvgIpc) is 2.93. The van der Waals surface area contributed by atoms with E-state index in [2.05, 4.69) is 10.3 Å². The van der Waals surface area contributed by atoms with E-state index in [1.165, 1.54) is 17.0 Å². The van der Waals surface area contributed by atoms with Crippen molar-refractivity contribution in [3.63, 3.8) is 0 Å². The van der Waals surface area contributed by atoms with Crippen LogP contribution >= 0.6 is 11.3 Å². The van der Waals surface area contributed by atoms with Gasteiger partial charge in [-0.15, -0.1) is 11.3 Å². The van der Waals surface area contributed by atoms with Crippen LogP contribution in [0.25, 0.3) is 0 Å². The minimum absolute atomic E-state index is 0.0161. The largest absolute Gasteiger partial charge is 0.478 e. The molecule has 0 aliphatic carbocycles. The smallest absolute Gasteiger partial charge is 0.336 e. The van der Waals surface area contributed by atoms with Crippen LogP contribution in [-0.2, 0) is 6.42 Å². The minimum atomic E-state index is -1.12. The van der Waals surface area contributed by atoms with E-state index in [0.717, 1.165) is 22.7 Å². The van der Waals surface area contributed by atoms with E-state index in [1.807, 2.05) is 38.1 Å². The molecule has 132 valence electrons. The molecule has 2 N–H and O–H groups in total. The Morgan fingerprint density at radius 3 is 2.27 bits per heavy atom. The van der Waals surface area contributed by atoms with Crippen molar-refractivity contribution in [3.8, 4) is 0 Å². The van der Waals surface area contributed by atoms with Crippen molar-refractivity contribution in [2.45, 2.75) is 20.3 Å². The SMILES string of the molecule is Cc1nc(C)c(Cc2ccc(NC(=O)c3ccccc3C(=O)O)cc2)s1. The Kier molecular flexibility index (Phi) is 5.14. The maximum absolute atomic E-state index is 12.4. The molecule has 3 rings (SSSR count). The molecule has 0 saturated carbocycles. The average molecular weight is 366 g/mol. The first kappa shape index (κ1) is 17.8. The highest BCUT2D eigenvalue weighted by Gasteiger charge is 2.15. The number of carbonyl (C=O) groups is 2. The van der Waals surface area contributed by atoms with Crippen molar-refractivity contribution >= 4 is 28.9 Å². The number of benzene rings is 2. The van der Waals surface area contributed by atoms with Gasteiger partial charge in [0.15, 0.2) is 0 Å². The Hall–Kier alpha value is -2.99. The van der Waals surface area contributed by atoms with Crippen molar-refractivity contribution < 1.29 is 14.7 Å². The summed E-state index contributed by atoms with van der Waals surface area (Å²) in [5.74, 6) is -1.56. The van der Waals surface area contributed by atoms with Gasteiger partial charge in [-0.25, -0.2) is 9.78 Å². The number of nitrogens with one attached hydrogen (secondary N) is 1. The highest BCUT2D eigenvalue weighted by Crippen LogP contribution is 2.22. The monoisotopic (exact) mass is 366 g/mol. The summed E-state index contributed by atoms with van der Waals surface area (Å²) in [5.41, 5.74) is 2.92. The van der Waals surface area contributed by atoms with E-state index in [0.29, 0.717) is 5.69 Å². The summed E-state index contributed by atoms with van der Waals surface area (Å²) in [4.78, 5) is 29.3. The van der Waals surface area contributed by atoms with E-state index in [1.54, 1.807) is 23.5 Å². The van der Waals surface area contributed by atoms with Gasteiger partial charge < -0.3 is 10.4 Å². The van der Waals surface area contributed by atoms with E-state index in [-0.39, 0.29) is 11.1 Å². The topological polar surface area (TPSA) is 79.3 Å². The highest BCUT2D eigenvalue weighted by atomic mass is 32.1. The number of carbonyl (C=O) groups excluding carboxylic acids is 1. The van der Waals surface area contributed by atoms with E-state index in [9.17, 15) is 14.7 Å². The number of amides is 1. The molecule has 0 unspecified atom stereocenters. The molecule has 6 heteroatoms. The molecule has 0 fully saturated rings. The molecule has 3 aromatic rings. The first-order valence-corrected chi connectivity index (χ1v) is 8.91. The molecule has 0 atom stereocenters. The molecular formula is C20H18N2O3S. The van der Waals surface area contributed by atoms with Crippen LogP contribution in [0, 0.1) is 13.8 Å². The summed E-state index contributed by atoms with van der Waals surface area (Å²) in [7, 11) is 0. The second-order valence-electron chi connectivity index (χ2n) is 5.92. The van der Waals surface area contributed by atoms with E-state index >= 15 is 0 Å². The van der Waals surface area contributed by atoms with Gasteiger partial charge in [0.1, 0.15) is 0 Å². The molecule has 1 heterocycles. The van der Waals surface area contributed by atoms with Crippen LogP contribution in [0.3, 0.4) is 0 Å². The number of hydrogen-bond acceptors (Lipinski definition) is 4. The number of carboxylic acids is 1. The van der Waals surface area contributed by atoms with Gasteiger partial charge in [0, 0.05) is 17.0 Å². The van der Waals surface area contributed by atoms with Gasteiger partial charge in [-0.05, 0) is 43.7 Å². The molecule has 0 aliphatic heterocycles. The zero-order chi connectivity index (χ0) is 18.7. The van der Waals surface area contributed by atoms with Gasteiger partial charge in [0.05, 0.1) is 21.8 Å². The molecule has 1 amide bonds. The molecule has 0 aliphatic rings. The molecular weight excluding hydrogens is 348 g/mol. The standard InChI is InChI=1S/C20H18N2O3S/c1-12-18(26-13(2)21-12)11-14-7-9-15(10-8-14)22-19(23)16-5-3-4-6-17(16)20(24)25/h3-10H,11H2,1-2H3,(H,22,23)(H,24,25). The number of rotatable bonds is 5. The summed E-state index contributed by atoms with van der Waals surface area (Å²) in [6, 6.07) is 13.7. The number of nitrogens with zero attached hydrogens (tertiary/aromatic N) is 1. The third-order valence-electron chi connectivity index (χ3n) is 3.98. The predicted molar refractivity (Wildman–Crippen MR) is 102 cm³/mol. The molecule has 0 saturated heterocycles. The van der Waals surface area contributed by atoms with Gasteiger partial charge in [-0.2, -0.15) is 0 Å². The fourth-order valence-electron chi connectivity index (χ4n) is 2.69. The molecule has 0 spiro atoms. The Labute approximate surface area is 155 Å². The molecule has 5 nitrogen and oxygen atoms in total. The summed E-state index contributed by atoms with van der Waals surface area (Å²) < 4.78 is 0. The number of carboxylic acid groups (broad SMARTS) is 1. The van der Waals surface area contributed by atoms with Gasteiger partial charge in [0.25, 0.3) is 5.91 Å². The Bertz CT molecular complexity index is 961. The summed E-state index contributed by atoms with van der Waals surface area (Å²) in [5, 5.41) is 13.0. The summed E-state index contributed by atoms with van der Waals surface area (Å²) in [6.45, 7) is 4.00. The summed E-state index contributed by atoms with van der Waals surface area (Å²) >= 11 is 1.69. The van der Waals surface area contributed by atoms with Crippen LogP contribution in [-0.4, -0.2) is 22.0 Å². The van der Waals surface area contributed by atoms with E-state index < -0.39 is 11.9 Å². The van der Waals surface area contributed by atoms with Crippen LogP contribution in [0.5, 0.6) is 0 Å². The van der Waals surface area contributed by atoms with Gasteiger partial charge in [-0.3, -0.25) is 4.79 Å². The zero-order valence-corrected chi connectivity index (χ0v) is 15.3. The third-order valence-corrected chi connectivity index (χ3v) is 5.05. The summed E-state index contributed by atoms with van der Waals surface area (Å²) in [6.07, 6.45) is 0.799. The number of aromatic nitrogens is 1. The first-order valence-electron chi connectivity index (χ1n) is 8.09. The van der Waals surface area contributed by atoms with Crippen molar-refractivity contribution in [2.75, 3.05) is 5.32 Å². The Balaban J connectivity index is 1.72. The van der Waals surface area contributed by atoms with Crippen molar-refractivity contribution in [2.24, 2.45) is 0 Å². The van der Waals surface area contributed by atoms with Crippen molar-refractivity contribution in [1.82, 2.24) is 4.98 Å². The normalized spacial score (nSPS) is 10.5. The van der Waals surface area contributed by atoms with Gasteiger partial charge in [-0.1, -0.05) is 24.3 Å². The molecule has 0 radical (unpaired) electrons. The predicted octanol–water partition coefficient (Wildman–Crippen LogP) is 4.30. The maximum Gasteiger partial charge on any atom is 0.336 e. The first-order chi connectivity index (χ1) is 12.4. The fraction of sp³-hybridized carbons (Fsp3) is 0.150. The lowest BCUT2D eigenvalue weighted by Crippen LogP contribution is -2.16. The number of aromatic carboxylic acids is 1. The number of aryl methyl sites for hydroxylation is 2. The second-order valence-corrected chi connectivity index (χ2v) is 7.21. The van der Waals surface area contributed by atoms with Crippen LogP contribution in [0.2, 0.25) is 0 Å². The van der Waals surface area contributed by atoms with Crippen LogP contribution < -0.4 is 5.32 Å². The fourth-order valence-corrected chi connectivity index (χ4v) is 3.67. The Morgan fingerprint density at radius 2 is 1.69 bits per heavy atom. The lowest BCUT2D eigenvalue weighted by Gasteiger charge is -2.08. The number of thiazole rings is 1. The molecule has 26 heavy (non-hydrogen) atoms. The van der Waals surface area contributed by atoms with Crippen LogP contribution in [0.1, 0.15) is 41.9 Å². The van der Waals surface area contributed by atoms with Crippen LogP contribution in [0.15, 0.2) is 48.5 Å². The lowest BCUT2D eigenvalue weighted by atomic mass is 10.1. The zero-order valence-electron chi connectivity index (χ0n) is 14.4. The van der Waals surface area contributed by atoms with Crippen molar-refractivity contribution in [3.05, 3.63) is 80.8 Å². The van der Waals surface area contributed by atoms with Gasteiger partial charge >= 0.3 is 5.97 Å². The van der Waals surface area contributed by atoms with Gasteiger partial charge in [0.2, 0.25) is 0 Å². The van der Waals surface area contributed by atoms with E-state index in [4.69, 9.17) is 0 Å². The quantitative estimate of drug-likeness (QED) is 0.705.